The van der Waals surface area contributed by atoms with Crippen molar-refractivity contribution < 1.29 is 19.4 Å². The number of carbonyl (C=O) groups is 1. The number of carbonyl (C=O) groups excluding carboxylic acids is 1. The van der Waals surface area contributed by atoms with Crippen LogP contribution in [-0.2, 0) is 11.2 Å². The van der Waals surface area contributed by atoms with E-state index < -0.39 is 17.3 Å². The first-order valence-electron chi connectivity index (χ1n) is 3.79. The number of benzene rings is 1. The second-order valence-electron chi connectivity index (χ2n) is 2.65. The van der Waals surface area contributed by atoms with Crippen molar-refractivity contribution in [2.24, 2.45) is 0 Å². The van der Waals surface area contributed by atoms with Crippen LogP contribution in [0.15, 0.2) is 12.1 Å². The lowest BCUT2D eigenvalue weighted by Gasteiger charge is -2.02. The number of rotatable bonds is 3. The van der Waals surface area contributed by atoms with Crippen molar-refractivity contribution in [3.05, 3.63) is 23.5 Å². The summed E-state index contributed by atoms with van der Waals surface area (Å²) in [5.41, 5.74) is 0.486. The number of halogens is 1. The Kier molecular flexibility index (Phi) is 2.84. The molecule has 0 bridgehead atoms. The van der Waals surface area contributed by atoms with Crippen LogP contribution in [0, 0.1) is 5.82 Å². The van der Waals surface area contributed by atoms with Gasteiger partial charge in [-0.3, -0.25) is 0 Å². The van der Waals surface area contributed by atoms with E-state index in [2.05, 4.69) is 0 Å². The normalized spacial score (nSPS) is 9.92. The maximum Gasteiger partial charge on any atom is 0.194 e. The number of phenols is 2. The molecule has 1 aromatic rings. The van der Waals surface area contributed by atoms with E-state index in [-0.39, 0.29) is 6.42 Å². The summed E-state index contributed by atoms with van der Waals surface area (Å²) in [6.45, 7) is 0. The summed E-state index contributed by atoms with van der Waals surface area (Å²) < 4.78 is 12.8. The zero-order valence-corrected chi connectivity index (χ0v) is 6.83. The molecular weight excluding hydrogens is 175 g/mol. The molecule has 1 aromatic carbocycles. The van der Waals surface area contributed by atoms with Gasteiger partial charge < -0.3 is 15.0 Å². The van der Waals surface area contributed by atoms with Gasteiger partial charge in [-0.1, -0.05) is 0 Å². The lowest BCUT2D eigenvalue weighted by atomic mass is 10.1. The molecule has 0 aliphatic rings. The summed E-state index contributed by atoms with van der Waals surface area (Å²) in [7, 11) is 0. The zero-order chi connectivity index (χ0) is 9.84. The van der Waals surface area contributed by atoms with E-state index in [9.17, 15) is 9.18 Å². The predicted molar refractivity (Wildman–Crippen MR) is 44.1 cm³/mol. The Hall–Kier alpha value is -1.58. The number of aryl methyl sites for hydroxylation is 1. The largest absolute Gasteiger partial charge is 0.504 e. The van der Waals surface area contributed by atoms with Gasteiger partial charge in [0.05, 0.1) is 0 Å². The first-order chi connectivity index (χ1) is 6.15. The van der Waals surface area contributed by atoms with Crippen LogP contribution in [0.2, 0.25) is 0 Å². The van der Waals surface area contributed by atoms with Crippen molar-refractivity contribution in [3.63, 3.8) is 0 Å². The van der Waals surface area contributed by atoms with Gasteiger partial charge in [0.25, 0.3) is 0 Å². The van der Waals surface area contributed by atoms with Gasteiger partial charge in [0.2, 0.25) is 0 Å². The molecule has 0 heterocycles. The standard InChI is InChI=1S/C9H9FO3/c10-7-4-6(2-1-3-11)5-8(12)9(7)13/h3-5,12-13H,1-2H2. The lowest BCUT2D eigenvalue weighted by Crippen LogP contribution is -1.88. The average Bonchev–Trinajstić information content (AvgIpc) is 2.10. The van der Waals surface area contributed by atoms with E-state index in [0.717, 1.165) is 6.07 Å². The Bertz CT molecular complexity index is 300. The molecular formula is C9H9FO3. The minimum absolute atomic E-state index is 0.268. The highest BCUT2D eigenvalue weighted by Crippen LogP contribution is 2.29. The summed E-state index contributed by atoms with van der Waals surface area (Å²) in [6.07, 6.45) is 1.33. The van der Waals surface area contributed by atoms with Crippen molar-refractivity contribution in [1.29, 1.82) is 0 Å². The van der Waals surface area contributed by atoms with Crippen molar-refractivity contribution >= 4 is 6.29 Å². The Morgan fingerprint density at radius 2 is 2.08 bits per heavy atom. The molecule has 2 N–H and O–H groups in total. The minimum atomic E-state index is -0.874. The molecule has 0 saturated heterocycles. The molecule has 0 atom stereocenters. The third kappa shape index (κ3) is 2.18. The van der Waals surface area contributed by atoms with Crippen molar-refractivity contribution in [3.8, 4) is 11.5 Å². The third-order valence-corrected chi connectivity index (χ3v) is 1.65. The first-order valence-corrected chi connectivity index (χ1v) is 3.79. The smallest absolute Gasteiger partial charge is 0.194 e. The van der Waals surface area contributed by atoms with E-state index in [1.165, 1.54) is 6.07 Å². The van der Waals surface area contributed by atoms with Crippen molar-refractivity contribution in [2.75, 3.05) is 0 Å². The van der Waals surface area contributed by atoms with Crippen molar-refractivity contribution in [1.82, 2.24) is 0 Å². The molecule has 70 valence electrons. The van der Waals surface area contributed by atoms with Gasteiger partial charge in [-0.15, -0.1) is 0 Å². The van der Waals surface area contributed by atoms with Crippen molar-refractivity contribution in [2.45, 2.75) is 12.8 Å². The fourth-order valence-electron chi connectivity index (χ4n) is 1.01. The van der Waals surface area contributed by atoms with Crippen LogP contribution in [0.5, 0.6) is 11.5 Å². The third-order valence-electron chi connectivity index (χ3n) is 1.65. The van der Waals surface area contributed by atoms with Crippen LogP contribution in [0.25, 0.3) is 0 Å². The fourth-order valence-corrected chi connectivity index (χ4v) is 1.01. The van der Waals surface area contributed by atoms with E-state index in [4.69, 9.17) is 10.2 Å². The van der Waals surface area contributed by atoms with Gasteiger partial charge in [-0.05, 0) is 24.1 Å². The van der Waals surface area contributed by atoms with E-state index in [0.29, 0.717) is 18.3 Å². The molecule has 0 aliphatic carbocycles. The topological polar surface area (TPSA) is 57.5 Å². The van der Waals surface area contributed by atoms with Crippen LogP contribution in [0.1, 0.15) is 12.0 Å². The molecule has 0 aliphatic heterocycles. The molecule has 4 heteroatoms. The quantitative estimate of drug-likeness (QED) is 0.551. The molecule has 0 aromatic heterocycles. The molecule has 0 unspecified atom stereocenters. The van der Waals surface area contributed by atoms with Gasteiger partial charge in [0, 0.05) is 6.42 Å². The summed E-state index contributed by atoms with van der Waals surface area (Å²) >= 11 is 0. The molecule has 0 fully saturated rings. The van der Waals surface area contributed by atoms with Crippen LogP contribution in [0.3, 0.4) is 0 Å². The van der Waals surface area contributed by atoms with Gasteiger partial charge >= 0.3 is 0 Å². The Labute approximate surface area is 74.4 Å². The predicted octanol–water partition coefficient (Wildman–Crippen LogP) is 1.37. The van der Waals surface area contributed by atoms with E-state index >= 15 is 0 Å². The molecule has 1 rings (SSSR count). The highest BCUT2D eigenvalue weighted by Gasteiger charge is 2.07. The summed E-state index contributed by atoms with van der Waals surface area (Å²) in [4.78, 5) is 10.0. The van der Waals surface area contributed by atoms with Gasteiger partial charge in [-0.2, -0.15) is 0 Å². The number of aromatic hydroxyl groups is 2. The second-order valence-corrected chi connectivity index (χ2v) is 2.65. The van der Waals surface area contributed by atoms with Crippen LogP contribution in [-0.4, -0.2) is 16.5 Å². The van der Waals surface area contributed by atoms with Crippen LogP contribution in [0.4, 0.5) is 4.39 Å². The summed E-state index contributed by atoms with van der Waals surface area (Å²) in [6, 6.07) is 2.33. The van der Waals surface area contributed by atoms with Gasteiger partial charge in [0.15, 0.2) is 17.3 Å². The van der Waals surface area contributed by atoms with Gasteiger partial charge in [-0.25, -0.2) is 4.39 Å². The maximum absolute atomic E-state index is 12.8. The summed E-state index contributed by atoms with van der Waals surface area (Å²) in [5.74, 6) is -2.13. The van der Waals surface area contributed by atoms with Gasteiger partial charge in [0.1, 0.15) is 6.29 Å². The minimum Gasteiger partial charge on any atom is -0.504 e. The lowest BCUT2D eigenvalue weighted by molar-refractivity contribution is -0.107. The summed E-state index contributed by atoms with van der Waals surface area (Å²) in [5, 5.41) is 17.9. The monoisotopic (exact) mass is 184 g/mol. The Morgan fingerprint density at radius 3 is 2.62 bits per heavy atom. The highest BCUT2D eigenvalue weighted by atomic mass is 19.1. The Balaban J connectivity index is 2.92. The number of aldehydes is 1. The second kappa shape index (κ2) is 3.89. The molecule has 0 radical (unpaired) electrons. The van der Waals surface area contributed by atoms with E-state index in [1.54, 1.807) is 0 Å². The molecule has 0 saturated carbocycles. The highest BCUT2D eigenvalue weighted by molar-refractivity contribution is 5.51. The molecule has 3 nitrogen and oxygen atoms in total. The average molecular weight is 184 g/mol. The SMILES string of the molecule is O=CCCc1cc(O)c(O)c(F)c1. The zero-order valence-electron chi connectivity index (χ0n) is 6.83. The van der Waals surface area contributed by atoms with Crippen LogP contribution >= 0.6 is 0 Å². The molecule has 0 amide bonds. The van der Waals surface area contributed by atoms with E-state index in [1.807, 2.05) is 0 Å². The molecule has 13 heavy (non-hydrogen) atoms. The maximum atomic E-state index is 12.8. The number of hydrogen-bond acceptors (Lipinski definition) is 3. The van der Waals surface area contributed by atoms with Crippen LogP contribution < -0.4 is 0 Å². The number of hydrogen-bond donors (Lipinski definition) is 2. The fraction of sp³-hybridized carbons (Fsp3) is 0.222. The first kappa shape index (κ1) is 9.51. The number of phenolic OH excluding ortho intramolecular Hbond substituents is 2. The Morgan fingerprint density at radius 1 is 1.38 bits per heavy atom. The molecule has 0 spiro atoms.